The highest BCUT2D eigenvalue weighted by atomic mass is 16.2. The number of imidazole rings is 1. The van der Waals surface area contributed by atoms with Crippen LogP contribution in [0.2, 0.25) is 0 Å². The first kappa shape index (κ1) is 11.1. The van der Waals surface area contributed by atoms with E-state index >= 15 is 0 Å². The molecule has 0 radical (unpaired) electrons. The van der Waals surface area contributed by atoms with Crippen LogP contribution in [0, 0.1) is 0 Å². The van der Waals surface area contributed by atoms with Gasteiger partial charge >= 0.3 is 0 Å². The van der Waals surface area contributed by atoms with Crippen molar-refractivity contribution in [1.82, 2.24) is 14.5 Å². The summed E-state index contributed by atoms with van der Waals surface area (Å²) >= 11 is 0. The van der Waals surface area contributed by atoms with Crippen LogP contribution in [0.3, 0.4) is 0 Å². The molecule has 0 spiro atoms. The molecule has 2 heterocycles. The third kappa shape index (κ3) is 2.41. The number of piperidine rings is 1. The van der Waals surface area contributed by atoms with Gasteiger partial charge in [0.2, 0.25) is 5.91 Å². The Kier molecular flexibility index (Phi) is 3.56. The van der Waals surface area contributed by atoms with E-state index in [-0.39, 0.29) is 5.91 Å². The third-order valence-corrected chi connectivity index (χ3v) is 3.00. The second-order valence-electron chi connectivity index (χ2n) is 4.12. The first-order valence-electron chi connectivity index (χ1n) is 5.79. The van der Waals surface area contributed by atoms with Crippen molar-refractivity contribution in [1.29, 1.82) is 0 Å². The summed E-state index contributed by atoms with van der Waals surface area (Å²) < 4.78 is 1.83. The Morgan fingerprint density at radius 2 is 2.12 bits per heavy atom. The Morgan fingerprint density at radius 3 is 2.81 bits per heavy atom. The number of nitrogens with two attached hydrogens (primary N) is 1. The van der Waals surface area contributed by atoms with E-state index in [1.54, 1.807) is 6.20 Å². The fraction of sp³-hybridized carbons (Fsp3) is 0.636. The third-order valence-electron chi connectivity index (χ3n) is 3.00. The highest BCUT2D eigenvalue weighted by Gasteiger charge is 2.17. The molecule has 16 heavy (non-hydrogen) atoms. The number of likely N-dealkylation sites (tertiary alicyclic amines) is 1. The van der Waals surface area contributed by atoms with E-state index in [0.717, 1.165) is 31.8 Å². The van der Waals surface area contributed by atoms with Gasteiger partial charge in [-0.3, -0.25) is 4.79 Å². The number of nitrogens with zero attached hydrogens (tertiary/aromatic N) is 3. The van der Waals surface area contributed by atoms with Crippen LogP contribution in [-0.2, 0) is 17.9 Å². The molecule has 0 aromatic carbocycles. The highest BCUT2D eigenvalue weighted by molar-refractivity contribution is 5.76. The van der Waals surface area contributed by atoms with Gasteiger partial charge in [-0.25, -0.2) is 4.98 Å². The predicted octanol–water partition coefficient (Wildman–Crippen LogP) is 0.354. The fourth-order valence-corrected chi connectivity index (χ4v) is 2.06. The van der Waals surface area contributed by atoms with Gasteiger partial charge < -0.3 is 15.2 Å². The Labute approximate surface area is 95.2 Å². The van der Waals surface area contributed by atoms with Gasteiger partial charge in [-0.05, 0) is 19.3 Å². The number of hydrogen-bond acceptors (Lipinski definition) is 3. The minimum Gasteiger partial charge on any atom is -0.341 e. The summed E-state index contributed by atoms with van der Waals surface area (Å²) in [5.41, 5.74) is 5.54. The van der Waals surface area contributed by atoms with Crippen LogP contribution in [-0.4, -0.2) is 33.4 Å². The van der Waals surface area contributed by atoms with E-state index in [1.165, 1.54) is 6.42 Å². The molecule has 88 valence electrons. The Morgan fingerprint density at radius 1 is 1.38 bits per heavy atom. The predicted molar refractivity (Wildman–Crippen MR) is 60.5 cm³/mol. The molecule has 1 saturated heterocycles. The molecule has 0 bridgehead atoms. The molecule has 1 aliphatic heterocycles. The standard InChI is InChI=1S/C11H18N4O/c12-8-10-13-4-7-15(10)9-11(16)14-5-2-1-3-6-14/h4,7H,1-3,5-6,8-9,12H2. The average molecular weight is 222 g/mol. The summed E-state index contributed by atoms with van der Waals surface area (Å²) in [6.07, 6.45) is 6.98. The van der Waals surface area contributed by atoms with E-state index in [0.29, 0.717) is 13.1 Å². The second kappa shape index (κ2) is 5.12. The Bertz CT molecular complexity index is 355. The number of carbonyl (C=O) groups is 1. The van der Waals surface area contributed by atoms with Crippen LogP contribution in [0.25, 0.3) is 0 Å². The van der Waals surface area contributed by atoms with E-state index in [1.807, 2.05) is 15.7 Å². The Hall–Kier alpha value is -1.36. The van der Waals surface area contributed by atoms with Crippen molar-refractivity contribution in [3.8, 4) is 0 Å². The quantitative estimate of drug-likeness (QED) is 0.802. The summed E-state index contributed by atoms with van der Waals surface area (Å²) in [5.74, 6) is 0.942. The van der Waals surface area contributed by atoms with Crippen LogP contribution in [0.15, 0.2) is 12.4 Å². The first-order valence-corrected chi connectivity index (χ1v) is 5.79. The monoisotopic (exact) mass is 222 g/mol. The van der Waals surface area contributed by atoms with Gasteiger partial charge in [-0.15, -0.1) is 0 Å². The summed E-state index contributed by atoms with van der Waals surface area (Å²) in [6, 6.07) is 0. The number of aromatic nitrogens is 2. The van der Waals surface area contributed by atoms with Gasteiger partial charge in [-0.2, -0.15) is 0 Å². The molecule has 1 aromatic heterocycles. The molecule has 1 aromatic rings. The molecule has 2 rings (SSSR count). The molecule has 5 nitrogen and oxygen atoms in total. The van der Waals surface area contributed by atoms with E-state index < -0.39 is 0 Å². The van der Waals surface area contributed by atoms with Crippen LogP contribution in [0.5, 0.6) is 0 Å². The van der Waals surface area contributed by atoms with Gasteiger partial charge in [0.05, 0.1) is 6.54 Å². The maximum absolute atomic E-state index is 12.0. The SMILES string of the molecule is NCc1nccn1CC(=O)N1CCCCC1. The van der Waals surface area contributed by atoms with E-state index in [9.17, 15) is 4.79 Å². The summed E-state index contributed by atoms with van der Waals surface area (Å²) in [6.45, 7) is 2.53. The van der Waals surface area contributed by atoms with Crippen molar-refractivity contribution in [2.75, 3.05) is 13.1 Å². The topological polar surface area (TPSA) is 64.1 Å². The number of amides is 1. The number of carbonyl (C=O) groups excluding carboxylic acids is 1. The zero-order valence-corrected chi connectivity index (χ0v) is 9.43. The minimum atomic E-state index is 0.174. The van der Waals surface area contributed by atoms with E-state index in [2.05, 4.69) is 4.98 Å². The smallest absolute Gasteiger partial charge is 0.242 e. The van der Waals surface area contributed by atoms with Gasteiger partial charge in [0, 0.05) is 25.5 Å². The molecule has 0 aliphatic carbocycles. The lowest BCUT2D eigenvalue weighted by molar-refractivity contribution is -0.132. The average Bonchev–Trinajstić information content (AvgIpc) is 2.77. The summed E-state index contributed by atoms with van der Waals surface area (Å²) in [7, 11) is 0. The van der Waals surface area contributed by atoms with Crippen molar-refractivity contribution < 1.29 is 4.79 Å². The molecule has 1 aliphatic rings. The summed E-state index contributed by atoms with van der Waals surface area (Å²) in [5, 5.41) is 0. The zero-order valence-electron chi connectivity index (χ0n) is 9.43. The van der Waals surface area contributed by atoms with Crippen molar-refractivity contribution in [3.05, 3.63) is 18.2 Å². The van der Waals surface area contributed by atoms with Crippen molar-refractivity contribution in [2.45, 2.75) is 32.4 Å². The van der Waals surface area contributed by atoms with Crippen molar-refractivity contribution >= 4 is 5.91 Å². The van der Waals surface area contributed by atoms with Gasteiger partial charge in [-0.1, -0.05) is 0 Å². The van der Waals surface area contributed by atoms with Crippen molar-refractivity contribution in [3.63, 3.8) is 0 Å². The molecule has 1 fully saturated rings. The number of rotatable bonds is 3. The summed E-state index contributed by atoms with van der Waals surface area (Å²) in [4.78, 5) is 18.0. The maximum atomic E-state index is 12.0. The lowest BCUT2D eigenvalue weighted by atomic mass is 10.1. The molecule has 1 amide bonds. The van der Waals surface area contributed by atoms with Gasteiger partial charge in [0.15, 0.2) is 0 Å². The normalized spacial score (nSPS) is 16.4. The molecule has 5 heteroatoms. The lowest BCUT2D eigenvalue weighted by Gasteiger charge is -2.27. The largest absolute Gasteiger partial charge is 0.341 e. The number of hydrogen-bond donors (Lipinski definition) is 1. The molecular formula is C11H18N4O. The molecule has 0 atom stereocenters. The molecular weight excluding hydrogens is 204 g/mol. The highest BCUT2D eigenvalue weighted by Crippen LogP contribution is 2.09. The second-order valence-corrected chi connectivity index (χ2v) is 4.12. The van der Waals surface area contributed by atoms with Crippen LogP contribution in [0.4, 0.5) is 0 Å². The Balaban J connectivity index is 1.95. The minimum absolute atomic E-state index is 0.174. The van der Waals surface area contributed by atoms with Crippen LogP contribution < -0.4 is 5.73 Å². The molecule has 2 N–H and O–H groups in total. The lowest BCUT2D eigenvalue weighted by Crippen LogP contribution is -2.38. The zero-order chi connectivity index (χ0) is 11.4. The van der Waals surface area contributed by atoms with Gasteiger partial charge in [0.1, 0.15) is 12.4 Å². The van der Waals surface area contributed by atoms with Crippen LogP contribution >= 0.6 is 0 Å². The molecule has 0 unspecified atom stereocenters. The molecule has 0 saturated carbocycles. The van der Waals surface area contributed by atoms with E-state index in [4.69, 9.17) is 5.73 Å². The fourth-order valence-electron chi connectivity index (χ4n) is 2.06. The first-order chi connectivity index (χ1) is 7.81. The maximum Gasteiger partial charge on any atom is 0.242 e. The van der Waals surface area contributed by atoms with Crippen LogP contribution in [0.1, 0.15) is 25.1 Å². The van der Waals surface area contributed by atoms with Gasteiger partial charge in [0.25, 0.3) is 0 Å². The van der Waals surface area contributed by atoms with Crippen molar-refractivity contribution in [2.24, 2.45) is 5.73 Å².